The Hall–Kier alpha value is -2.84. The van der Waals surface area contributed by atoms with E-state index in [0.29, 0.717) is 17.0 Å². The second kappa shape index (κ2) is 9.34. The van der Waals surface area contributed by atoms with Crippen LogP contribution in [0, 0.1) is 13.8 Å². The van der Waals surface area contributed by atoms with Crippen molar-refractivity contribution in [3.05, 3.63) is 68.6 Å². The van der Waals surface area contributed by atoms with Crippen LogP contribution in [0.1, 0.15) is 28.8 Å². The lowest BCUT2D eigenvalue weighted by Gasteiger charge is -2.12. The summed E-state index contributed by atoms with van der Waals surface area (Å²) in [5, 5.41) is 2.40. The Labute approximate surface area is 194 Å². The SMILES string of the molecule is COc1ccc2cc(COC(=O)C(C)SCc3nc4sc(C)c(C)c4c(=O)[nH]3)ccc2c1. The van der Waals surface area contributed by atoms with Crippen molar-refractivity contribution in [2.24, 2.45) is 0 Å². The number of methoxy groups -OCH3 is 1. The number of fused-ring (bicyclic) bond motifs is 2. The highest BCUT2D eigenvalue weighted by molar-refractivity contribution is 7.99. The molecule has 4 aromatic rings. The minimum Gasteiger partial charge on any atom is -0.497 e. The van der Waals surface area contributed by atoms with E-state index in [0.717, 1.165) is 37.4 Å². The van der Waals surface area contributed by atoms with Crippen LogP contribution < -0.4 is 10.3 Å². The predicted molar refractivity (Wildman–Crippen MR) is 131 cm³/mol. The van der Waals surface area contributed by atoms with Crippen LogP contribution in [-0.4, -0.2) is 28.3 Å². The number of carbonyl (C=O) groups is 1. The summed E-state index contributed by atoms with van der Waals surface area (Å²) in [6, 6.07) is 11.8. The molecule has 6 nitrogen and oxygen atoms in total. The van der Waals surface area contributed by atoms with Gasteiger partial charge in [-0.05, 0) is 60.9 Å². The number of aryl methyl sites for hydroxylation is 2. The molecule has 1 atom stereocenters. The molecule has 4 rings (SSSR count). The molecule has 0 fully saturated rings. The highest BCUT2D eigenvalue weighted by atomic mass is 32.2. The molecule has 1 unspecified atom stereocenters. The van der Waals surface area contributed by atoms with Gasteiger partial charge in [-0.3, -0.25) is 9.59 Å². The lowest BCUT2D eigenvalue weighted by Crippen LogP contribution is -2.18. The van der Waals surface area contributed by atoms with Crippen LogP contribution in [0.25, 0.3) is 21.0 Å². The zero-order valence-electron chi connectivity index (χ0n) is 18.4. The molecule has 0 spiro atoms. The van der Waals surface area contributed by atoms with E-state index in [9.17, 15) is 9.59 Å². The number of aromatic nitrogens is 2. The van der Waals surface area contributed by atoms with Crippen LogP contribution in [0.5, 0.6) is 5.75 Å². The van der Waals surface area contributed by atoms with Gasteiger partial charge in [0.05, 0.1) is 18.2 Å². The Morgan fingerprint density at radius 3 is 2.72 bits per heavy atom. The van der Waals surface area contributed by atoms with Crippen molar-refractivity contribution in [3.8, 4) is 5.75 Å². The van der Waals surface area contributed by atoms with Crippen LogP contribution in [0.15, 0.2) is 41.2 Å². The summed E-state index contributed by atoms with van der Waals surface area (Å²) in [5.41, 5.74) is 1.77. The van der Waals surface area contributed by atoms with Gasteiger partial charge in [0.2, 0.25) is 0 Å². The number of esters is 1. The molecule has 0 saturated carbocycles. The number of nitrogens with one attached hydrogen (secondary N) is 1. The van der Waals surface area contributed by atoms with Gasteiger partial charge in [0, 0.05) is 4.88 Å². The normalized spacial score (nSPS) is 12.2. The van der Waals surface area contributed by atoms with E-state index in [4.69, 9.17) is 9.47 Å². The first-order chi connectivity index (χ1) is 15.4. The molecule has 0 aliphatic rings. The average molecular weight is 469 g/mol. The van der Waals surface area contributed by atoms with E-state index in [1.807, 2.05) is 50.2 Å². The molecule has 8 heteroatoms. The van der Waals surface area contributed by atoms with Gasteiger partial charge in [0.25, 0.3) is 5.56 Å². The minimum absolute atomic E-state index is 0.128. The van der Waals surface area contributed by atoms with Gasteiger partial charge in [-0.1, -0.05) is 18.2 Å². The van der Waals surface area contributed by atoms with E-state index in [-0.39, 0.29) is 23.4 Å². The molecule has 0 amide bonds. The van der Waals surface area contributed by atoms with Gasteiger partial charge in [0.1, 0.15) is 28.3 Å². The largest absolute Gasteiger partial charge is 0.497 e. The number of nitrogens with zero attached hydrogens (tertiary/aromatic N) is 1. The second-order valence-electron chi connectivity index (χ2n) is 7.58. The number of thiophene rings is 1. The van der Waals surface area contributed by atoms with Crippen LogP contribution in [0.2, 0.25) is 0 Å². The maximum Gasteiger partial charge on any atom is 0.319 e. The van der Waals surface area contributed by atoms with E-state index in [2.05, 4.69) is 9.97 Å². The Morgan fingerprint density at radius 2 is 1.94 bits per heavy atom. The van der Waals surface area contributed by atoms with Crippen molar-refractivity contribution >= 4 is 50.1 Å². The number of carbonyl (C=O) groups excluding carboxylic acids is 1. The number of hydrogen-bond acceptors (Lipinski definition) is 7. The van der Waals surface area contributed by atoms with Gasteiger partial charge >= 0.3 is 5.97 Å². The first kappa shape index (κ1) is 22.4. The molecule has 2 heterocycles. The summed E-state index contributed by atoms with van der Waals surface area (Å²) in [6.45, 7) is 5.93. The van der Waals surface area contributed by atoms with Gasteiger partial charge < -0.3 is 14.5 Å². The molecule has 0 radical (unpaired) electrons. The Kier molecular flexibility index (Phi) is 6.53. The fourth-order valence-corrected chi connectivity index (χ4v) is 5.20. The maximum absolute atomic E-state index is 12.5. The fourth-order valence-electron chi connectivity index (χ4n) is 3.40. The van der Waals surface area contributed by atoms with Crippen LogP contribution in [0.3, 0.4) is 0 Å². The standard InChI is InChI=1S/C24H24N2O4S2/c1-13-14(2)32-23-21(13)22(27)25-20(26-23)12-31-15(3)24(28)30-11-16-5-6-18-10-19(29-4)8-7-17(18)9-16/h5-10,15H,11-12H2,1-4H3,(H,25,26,27). The highest BCUT2D eigenvalue weighted by Crippen LogP contribution is 2.27. The van der Waals surface area contributed by atoms with Crippen molar-refractivity contribution in [2.45, 2.75) is 38.4 Å². The first-order valence-electron chi connectivity index (χ1n) is 10.2. The number of ether oxygens (including phenoxy) is 2. The monoisotopic (exact) mass is 468 g/mol. The number of aromatic amines is 1. The van der Waals surface area contributed by atoms with Crippen LogP contribution >= 0.6 is 23.1 Å². The topological polar surface area (TPSA) is 81.3 Å². The quantitative estimate of drug-likeness (QED) is 0.379. The van der Waals surface area contributed by atoms with Crippen LogP contribution in [0.4, 0.5) is 0 Å². The van der Waals surface area contributed by atoms with Crippen molar-refractivity contribution in [3.63, 3.8) is 0 Å². The number of rotatable bonds is 7. The third-order valence-corrected chi connectivity index (χ3v) is 7.62. The predicted octanol–water partition coefficient (Wildman–Crippen LogP) is 5.13. The number of hydrogen-bond donors (Lipinski definition) is 1. The zero-order valence-corrected chi connectivity index (χ0v) is 20.0. The van der Waals surface area contributed by atoms with E-state index in [1.54, 1.807) is 14.0 Å². The smallest absolute Gasteiger partial charge is 0.319 e. The van der Waals surface area contributed by atoms with Crippen LogP contribution in [-0.2, 0) is 21.9 Å². The van der Waals surface area contributed by atoms with E-state index < -0.39 is 0 Å². The van der Waals surface area contributed by atoms with Gasteiger partial charge in [-0.25, -0.2) is 4.98 Å². The summed E-state index contributed by atoms with van der Waals surface area (Å²) in [4.78, 5) is 34.1. The Morgan fingerprint density at radius 1 is 1.19 bits per heavy atom. The molecular formula is C24H24N2O4S2. The summed E-state index contributed by atoms with van der Waals surface area (Å²) < 4.78 is 10.8. The molecule has 32 heavy (non-hydrogen) atoms. The van der Waals surface area contributed by atoms with E-state index in [1.165, 1.54) is 23.1 Å². The van der Waals surface area contributed by atoms with Crippen molar-refractivity contribution < 1.29 is 14.3 Å². The first-order valence-corrected chi connectivity index (χ1v) is 12.1. The summed E-state index contributed by atoms with van der Waals surface area (Å²) >= 11 is 2.91. The number of thioether (sulfide) groups is 1. The summed E-state index contributed by atoms with van der Waals surface area (Å²) in [6.07, 6.45) is 0. The molecule has 0 saturated heterocycles. The molecule has 0 aliphatic heterocycles. The molecule has 1 N–H and O–H groups in total. The molecule has 2 aromatic heterocycles. The molecule has 0 bridgehead atoms. The maximum atomic E-state index is 12.5. The van der Waals surface area contributed by atoms with Gasteiger partial charge in [-0.2, -0.15) is 0 Å². The Bertz CT molecular complexity index is 1360. The van der Waals surface area contributed by atoms with E-state index >= 15 is 0 Å². The van der Waals surface area contributed by atoms with Crippen molar-refractivity contribution in [2.75, 3.05) is 7.11 Å². The lowest BCUT2D eigenvalue weighted by molar-refractivity contribution is -0.143. The third kappa shape index (κ3) is 4.66. The fraction of sp³-hybridized carbons (Fsp3) is 0.292. The minimum atomic E-state index is -0.382. The average Bonchev–Trinajstić information content (AvgIpc) is 3.08. The number of benzene rings is 2. The molecule has 166 valence electrons. The Balaban J connectivity index is 1.35. The molecular weight excluding hydrogens is 444 g/mol. The number of H-pyrrole nitrogens is 1. The highest BCUT2D eigenvalue weighted by Gasteiger charge is 2.17. The zero-order chi connectivity index (χ0) is 22.8. The lowest BCUT2D eigenvalue weighted by atomic mass is 10.1. The van der Waals surface area contributed by atoms with Gasteiger partial charge in [0.15, 0.2) is 0 Å². The van der Waals surface area contributed by atoms with Crippen molar-refractivity contribution in [1.29, 1.82) is 0 Å². The van der Waals surface area contributed by atoms with Gasteiger partial charge in [-0.15, -0.1) is 23.1 Å². The molecule has 2 aromatic carbocycles. The molecule has 0 aliphatic carbocycles. The third-order valence-electron chi connectivity index (χ3n) is 5.38. The second-order valence-corrected chi connectivity index (χ2v) is 10.1. The van der Waals surface area contributed by atoms with Crippen molar-refractivity contribution in [1.82, 2.24) is 9.97 Å². The summed E-state index contributed by atoms with van der Waals surface area (Å²) in [7, 11) is 1.64. The summed E-state index contributed by atoms with van der Waals surface area (Å²) in [5.74, 6) is 1.51.